The zero-order valence-electron chi connectivity index (χ0n) is 21.6. The molecule has 0 unspecified atom stereocenters. The molecule has 0 saturated carbocycles. The molecule has 188 valence electrons. The van der Waals surface area contributed by atoms with Crippen molar-refractivity contribution < 1.29 is 14.3 Å². The third-order valence-corrected chi connectivity index (χ3v) is 6.69. The number of hydrogen-bond donors (Lipinski definition) is 0. The van der Waals surface area contributed by atoms with Crippen LogP contribution in [-0.4, -0.2) is 57.1 Å². The summed E-state index contributed by atoms with van der Waals surface area (Å²) < 4.78 is 14.7. The van der Waals surface area contributed by atoms with E-state index >= 15 is 0 Å². The highest BCUT2D eigenvalue weighted by Gasteiger charge is 2.31. The predicted molar refractivity (Wildman–Crippen MR) is 138 cm³/mol. The molecule has 3 aromatic heterocycles. The summed E-state index contributed by atoms with van der Waals surface area (Å²) in [5.74, 6) is 0.818. The van der Waals surface area contributed by atoms with Gasteiger partial charge in [0.05, 0.1) is 41.3 Å². The second-order valence-electron chi connectivity index (χ2n) is 10.3. The first-order valence-electron chi connectivity index (χ1n) is 12.3. The van der Waals surface area contributed by atoms with Gasteiger partial charge < -0.3 is 14.4 Å². The van der Waals surface area contributed by atoms with E-state index in [1.807, 2.05) is 32.4 Å². The highest BCUT2D eigenvalue weighted by atomic mass is 16.5. The lowest BCUT2D eigenvalue weighted by Crippen LogP contribution is -2.38. The maximum Gasteiger partial charge on any atom is 0.257 e. The first-order chi connectivity index (χ1) is 17.3. The molecular weight excluding hydrogens is 454 g/mol. The van der Waals surface area contributed by atoms with Crippen molar-refractivity contribution in [1.82, 2.24) is 24.3 Å². The molecule has 1 aliphatic heterocycles. The summed E-state index contributed by atoms with van der Waals surface area (Å²) in [4.78, 5) is 15.2. The SMILES string of the molecule is COCCOc1cc2c(-c3ccc(CN4CCc5c(cnn5C(C)(C)C)C4=O)c(C)c3)ccnn2c1. The molecule has 0 radical (unpaired) electrons. The molecule has 0 saturated heterocycles. The Balaban J connectivity index is 1.36. The molecule has 0 aliphatic carbocycles. The van der Waals surface area contributed by atoms with Gasteiger partial charge in [0, 0.05) is 44.4 Å². The summed E-state index contributed by atoms with van der Waals surface area (Å²) in [6, 6.07) is 10.4. The van der Waals surface area contributed by atoms with Crippen molar-refractivity contribution in [3.05, 3.63) is 71.3 Å². The number of carbonyl (C=O) groups is 1. The van der Waals surface area contributed by atoms with Gasteiger partial charge in [-0.2, -0.15) is 10.2 Å². The van der Waals surface area contributed by atoms with Gasteiger partial charge in [-0.3, -0.25) is 9.48 Å². The molecule has 36 heavy (non-hydrogen) atoms. The Labute approximate surface area is 211 Å². The Morgan fingerprint density at radius 2 is 1.89 bits per heavy atom. The molecule has 8 heteroatoms. The molecule has 1 aliphatic rings. The molecule has 0 bridgehead atoms. The topological polar surface area (TPSA) is 73.9 Å². The number of carbonyl (C=O) groups excluding carboxylic acids is 1. The van der Waals surface area contributed by atoms with Crippen LogP contribution in [0.3, 0.4) is 0 Å². The number of benzene rings is 1. The maximum absolute atomic E-state index is 13.2. The minimum Gasteiger partial charge on any atom is -0.489 e. The average molecular weight is 488 g/mol. The van der Waals surface area contributed by atoms with E-state index in [4.69, 9.17) is 9.47 Å². The molecule has 0 fully saturated rings. The number of ether oxygens (including phenoxy) is 2. The Bertz CT molecular complexity index is 1410. The van der Waals surface area contributed by atoms with Crippen molar-refractivity contribution in [3.8, 4) is 16.9 Å². The molecule has 0 spiro atoms. The van der Waals surface area contributed by atoms with E-state index in [0.717, 1.165) is 51.2 Å². The van der Waals surface area contributed by atoms with Crippen molar-refractivity contribution in [2.75, 3.05) is 26.9 Å². The van der Waals surface area contributed by atoms with Gasteiger partial charge in [0.15, 0.2) is 0 Å². The van der Waals surface area contributed by atoms with Gasteiger partial charge in [-0.25, -0.2) is 4.52 Å². The van der Waals surface area contributed by atoms with Crippen LogP contribution in [0.1, 0.15) is 48.0 Å². The first kappa shape index (κ1) is 24.1. The minimum atomic E-state index is -0.141. The van der Waals surface area contributed by atoms with Gasteiger partial charge in [-0.15, -0.1) is 0 Å². The molecule has 8 nitrogen and oxygen atoms in total. The van der Waals surface area contributed by atoms with Crippen molar-refractivity contribution in [3.63, 3.8) is 0 Å². The van der Waals surface area contributed by atoms with Crippen molar-refractivity contribution >= 4 is 11.4 Å². The summed E-state index contributed by atoms with van der Waals surface area (Å²) in [6.07, 6.45) is 6.22. The van der Waals surface area contributed by atoms with E-state index in [1.165, 1.54) is 0 Å². The van der Waals surface area contributed by atoms with Gasteiger partial charge in [-0.05, 0) is 50.5 Å². The third-order valence-electron chi connectivity index (χ3n) is 6.69. The normalized spacial score (nSPS) is 13.9. The standard InChI is InChI=1S/C28H33N5O3/c1-19-14-20(23-8-10-29-32-18-22(15-26(23)32)36-13-12-35-5)6-7-21(19)17-31-11-9-25-24(27(31)34)16-30-33(25)28(2,3)4/h6-8,10,14-16,18H,9,11-13,17H2,1-5H3. The molecule has 5 rings (SSSR count). The highest BCUT2D eigenvalue weighted by molar-refractivity contribution is 5.96. The Morgan fingerprint density at radius 1 is 1.06 bits per heavy atom. The maximum atomic E-state index is 13.2. The summed E-state index contributed by atoms with van der Waals surface area (Å²) in [5.41, 5.74) is 7.07. The lowest BCUT2D eigenvalue weighted by molar-refractivity contribution is 0.0723. The van der Waals surface area contributed by atoms with Crippen molar-refractivity contribution in [2.45, 2.75) is 46.2 Å². The fourth-order valence-corrected chi connectivity index (χ4v) is 4.84. The van der Waals surface area contributed by atoms with E-state index in [2.05, 4.69) is 56.1 Å². The number of aryl methyl sites for hydroxylation is 1. The van der Waals surface area contributed by atoms with Crippen molar-refractivity contribution in [1.29, 1.82) is 0 Å². The first-order valence-corrected chi connectivity index (χ1v) is 12.3. The molecule has 4 heterocycles. The fourth-order valence-electron chi connectivity index (χ4n) is 4.84. The zero-order chi connectivity index (χ0) is 25.4. The van der Waals surface area contributed by atoms with E-state index in [-0.39, 0.29) is 11.4 Å². The Morgan fingerprint density at radius 3 is 2.64 bits per heavy atom. The number of aromatic nitrogens is 4. The van der Waals surface area contributed by atoms with Crippen LogP contribution in [0.25, 0.3) is 16.6 Å². The van der Waals surface area contributed by atoms with Gasteiger partial charge in [0.1, 0.15) is 12.4 Å². The quantitative estimate of drug-likeness (QED) is 0.359. The Kier molecular flexibility index (Phi) is 6.30. The third kappa shape index (κ3) is 4.48. The number of amides is 1. The molecule has 1 amide bonds. The Hall–Kier alpha value is -3.65. The van der Waals surface area contributed by atoms with E-state index in [9.17, 15) is 4.79 Å². The van der Waals surface area contributed by atoms with Crippen LogP contribution in [0.2, 0.25) is 0 Å². The van der Waals surface area contributed by atoms with E-state index in [0.29, 0.717) is 26.3 Å². The molecular formula is C28H33N5O3. The van der Waals surface area contributed by atoms with Gasteiger partial charge in [0.2, 0.25) is 0 Å². The molecule has 0 atom stereocenters. The van der Waals surface area contributed by atoms with Crippen LogP contribution in [0.5, 0.6) is 5.75 Å². The lowest BCUT2D eigenvalue weighted by atomic mass is 9.98. The van der Waals surface area contributed by atoms with Crippen molar-refractivity contribution in [2.24, 2.45) is 0 Å². The minimum absolute atomic E-state index is 0.0558. The summed E-state index contributed by atoms with van der Waals surface area (Å²) >= 11 is 0. The number of hydrogen-bond acceptors (Lipinski definition) is 5. The van der Waals surface area contributed by atoms with Crippen LogP contribution in [0, 0.1) is 6.92 Å². The van der Waals surface area contributed by atoms with Crippen LogP contribution < -0.4 is 4.74 Å². The largest absolute Gasteiger partial charge is 0.489 e. The number of fused-ring (bicyclic) bond motifs is 2. The van der Waals surface area contributed by atoms with Crippen LogP contribution in [0.15, 0.2) is 48.9 Å². The second kappa shape index (κ2) is 9.43. The number of nitrogens with zero attached hydrogens (tertiary/aromatic N) is 5. The monoisotopic (exact) mass is 487 g/mol. The van der Waals surface area contributed by atoms with Crippen LogP contribution in [0.4, 0.5) is 0 Å². The zero-order valence-corrected chi connectivity index (χ0v) is 21.6. The number of rotatable bonds is 7. The van der Waals surface area contributed by atoms with Gasteiger partial charge in [-0.1, -0.05) is 18.2 Å². The smallest absolute Gasteiger partial charge is 0.257 e. The molecule has 0 N–H and O–H groups in total. The van der Waals surface area contributed by atoms with E-state index in [1.54, 1.807) is 19.5 Å². The van der Waals surface area contributed by atoms with E-state index < -0.39 is 0 Å². The second-order valence-corrected chi connectivity index (χ2v) is 10.3. The van der Waals surface area contributed by atoms with Crippen LogP contribution in [-0.2, 0) is 23.2 Å². The number of methoxy groups -OCH3 is 1. The average Bonchev–Trinajstić information content (AvgIpc) is 3.46. The summed E-state index contributed by atoms with van der Waals surface area (Å²) in [6.45, 7) is 10.7. The predicted octanol–water partition coefficient (Wildman–Crippen LogP) is 4.48. The van der Waals surface area contributed by atoms with Crippen LogP contribution >= 0.6 is 0 Å². The summed E-state index contributed by atoms with van der Waals surface area (Å²) in [5, 5.41) is 8.95. The van der Waals surface area contributed by atoms with Gasteiger partial charge >= 0.3 is 0 Å². The molecule has 1 aromatic carbocycles. The van der Waals surface area contributed by atoms with Gasteiger partial charge in [0.25, 0.3) is 5.91 Å². The summed E-state index contributed by atoms with van der Waals surface area (Å²) in [7, 11) is 1.66. The highest BCUT2D eigenvalue weighted by Crippen LogP contribution is 2.30. The fraction of sp³-hybridized carbons (Fsp3) is 0.393. The lowest BCUT2D eigenvalue weighted by Gasteiger charge is -2.30. The molecule has 4 aromatic rings.